The van der Waals surface area contributed by atoms with Crippen LogP contribution in [0.15, 0.2) is 42.5 Å². The number of amides is 2. The van der Waals surface area contributed by atoms with E-state index in [1.165, 1.54) is 11.1 Å². The molecular weight excluding hydrogens is 499 g/mol. The molecule has 36 heavy (non-hydrogen) atoms. The Morgan fingerprint density at radius 1 is 1.06 bits per heavy atom. The van der Waals surface area contributed by atoms with Gasteiger partial charge >= 0.3 is 0 Å². The van der Waals surface area contributed by atoms with Crippen LogP contribution in [0, 0.1) is 18.3 Å². The Bertz CT molecular complexity index is 1050. The molecule has 0 aromatic heterocycles. The van der Waals surface area contributed by atoms with Gasteiger partial charge in [0.15, 0.2) is 0 Å². The van der Waals surface area contributed by atoms with E-state index in [4.69, 9.17) is 0 Å². The third-order valence-electron chi connectivity index (χ3n) is 5.94. The Morgan fingerprint density at radius 2 is 1.69 bits per heavy atom. The second kappa shape index (κ2) is 14.7. The minimum absolute atomic E-state index is 0. The first kappa shape index (κ1) is 31.2. The summed E-state index contributed by atoms with van der Waals surface area (Å²) in [6.07, 6.45) is 0. The lowest BCUT2D eigenvalue weighted by atomic mass is 10.1. The average molecular weight is 536 g/mol. The molecule has 1 aliphatic heterocycles. The van der Waals surface area contributed by atoms with Gasteiger partial charge in [-0.05, 0) is 41.8 Å². The number of nitriles is 1. The molecule has 2 aromatic rings. The Hall–Kier alpha value is -2.83. The fourth-order valence-electron chi connectivity index (χ4n) is 4.05. The van der Waals surface area contributed by atoms with Crippen molar-refractivity contribution >= 4 is 42.3 Å². The molecule has 0 fully saturated rings. The Kier molecular flexibility index (Phi) is 12.7. The second-order valence-electron chi connectivity index (χ2n) is 8.94. The number of benzene rings is 2. The fraction of sp³-hybridized carbons (Fsp3) is 0.423. The summed E-state index contributed by atoms with van der Waals surface area (Å²) >= 11 is 0. The average Bonchev–Trinajstić information content (AvgIpc) is 3.25. The summed E-state index contributed by atoms with van der Waals surface area (Å²) in [7, 11) is 1.77. The number of likely N-dealkylation sites (N-methyl/N-ethyl adjacent to an activating group) is 1. The molecule has 2 N–H and O–H groups in total. The number of hydrazine groups is 1. The molecule has 0 radical (unpaired) electrons. The van der Waals surface area contributed by atoms with Gasteiger partial charge in [0, 0.05) is 45.0 Å². The molecule has 0 saturated carbocycles. The first-order chi connectivity index (χ1) is 16.3. The molecule has 0 bridgehead atoms. The van der Waals surface area contributed by atoms with E-state index in [1.54, 1.807) is 35.2 Å². The van der Waals surface area contributed by atoms with Crippen LogP contribution in [-0.2, 0) is 22.7 Å². The van der Waals surface area contributed by atoms with Gasteiger partial charge in [0.1, 0.15) is 0 Å². The van der Waals surface area contributed by atoms with Gasteiger partial charge in [-0.1, -0.05) is 38.1 Å². The summed E-state index contributed by atoms with van der Waals surface area (Å²) in [5, 5.41) is 19.1. The summed E-state index contributed by atoms with van der Waals surface area (Å²) in [4.78, 5) is 27.7. The van der Waals surface area contributed by atoms with E-state index in [0.29, 0.717) is 37.8 Å². The lowest BCUT2D eigenvalue weighted by Crippen LogP contribution is -2.48. The number of nitrogens with zero attached hydrogens (tertiary/aromatic N) is 4. The van der Waals surface area contributed by atoms with Crippen LogP contribution in [0.2, 0.25) is 0 Å². The zero-order chi connectivity index (χ0) is 24.7. The van der Waals surface area contributed by atoms with Gasteiger partial charge in [0.2, 0.25) is 5.91 Å². The van der Waals surface area contributed by atoms with Crippen LogP contribution in [0.5, 0.6) is 0 Å². The van der Waals surface area contributed by atoms with Crippen molar-refractivity contribution in [2.45, 2.75) is 39.9 Å². The van der Waals surface area contributed by atoms with Crippen molar-refractivity contribution < 1.29 is 9.59 Å². The molecule has 0 unspecified atom stereocenters. The van der Waals surface area contributed by atoms with Crippen molar-refractivity contribution in [3.63, 3.8) is 0 Å². The van der Waals surface area contributed by atoms with Crippen LogP contribution >= 0.6 is 24.8 Å². The standard InChI is InChI=1S/C26H34N6O2.2ClH/c1-19(2)28-11-12-29-25(33)17-31(24-10-9-21(14-27)13-20(24)3)18-26(34)30(4)32-15-22-7-5-6-8-23(22)16-32;;/h5-10,13,19,28H,11-12,15-18H2,1-4H3,(H,29,33);2*1H. The van der Waals surface area contributed by atoms with Gasteiger partial charge in [-0.3, -0.25) is 14.6 Å². The van der Waals surface area contributed by atoms with E-state index in [2.05, 4.69) is 42.7 Å². The summed E-state index contributed by atoms with van der Waals surface area (Å²) in [5.74, 6) is -0.260. The van der Waals surface area contributed by atoms with E-state index < -0.39 is 0 Å². The molecule has 3 rings (SSSR count). The lowest BCUT2D eigenvalue weighted by molar-refractivity contribution is -0.145. The zero-order valence-electron chi connectivity index (χ0n) is 21.3. The van der Waals surface area contributed by atoms with Crippen molar-refractivity contribution in [1.29, 1.82) is 5.26 Å². The highest BCUT2D eigenvalue weighted by Gasteiger charge is 2.27. The number of fused-ring (bicyclic) bond motifs is 1. The monoisotopic (exact) mass is 534 g/mol. The van der Waals surface area contributed by atoms with Crippen LogP contribution in [0.1, 0.15) is 36.1 Å². The highest BCUT2D eigenvalue weighted by molar-refractivity contribution is 5.87. The van der Waals surface area contributed by atoms with E-state index in [-0.39, 0.29) is 49.7 Å². The smallest absolute Gasteiger partial charge is 0.256 e. The fourth-order valence-corrected chi connectivity index (χ4v) is 4.05. The molecule has 1 heterocycles. The van der Waals surface area contributed by atoms with Gasteiger partial charge in [-0.2, -0.15) is 5.26 Å². The van der Waals surface area contributed by atoms with E-state index in [0.717, 1.165) is 11.3 Å². The van der Waals surface area contributed by atoms with Crippen molar-refractivity contribution in [1.82, 2.24) is 20.7 Å². The second-order valence-corrected chi connectivity index (χ2v) is 8.94. The summed E-state index contributed by atoms with van der Waals surface area (Å²) in [6.45, 7) is 8.64. The third-order valence-corrected chi connectivity index (χ3v) is 5.94. The molecule has 0 saturated heterocycles. The van der Waals surface area contributed by atoms with Crippen molar-refractivity contribution in [3.05, 3.63) is 64.7 Å². The molecule has 0 aliphatic carbocycles. The molecule has 196 valence electrons. The molecule has 2 aromatic carbocycles. The van der Waals surface area contributed by atoms with Crippen LogP contribution in [0.25, 0.3) is 0 Å². The molecule has 0 atom stereocenters. The Balaban J connectivity index is 0.00000324. The number of hydrogen-bond donors (Lipinski definition) is 2. The maximum absolute atomic E-state index is 13.3. The van der Waals surface area contributed by atoms with Crippen molar-refractivity contribution in [2.75, 3.05) is 38.1 Å². The predicted octanol–water partition coefficient (Wildman–Crippen LogP) is 3.02. The lowest BCUT2D eigenvalue weighted by Gasteiger charge is -2.32. The predicted molar refractivity (Wildman–Crippen MR) is 147 cm³/mol. The SMILES string of the molecule is Cc1cc(C#N)ccc1N(CC(=O)NCCNC(C)C)CC(=O)N(C)N1Cc2ccccc2C1.Cl.Cl. The van der Waals surface area contributed by atoms with Crippen LogP contribution in [-0.4, -0.2) is 61.1 Å². The third kappa shape index (κ3) is 8.38. The van der Waals surface area contributed by atoms with E-state index in [1.807, 2.05) is 24.1 Å². The van der Waals surface area contributed by atoms with Gasteiger partial charge in [0.25, 0.3) is 5.91 Å². The summed E-state index contributed by atoms with van der Waals surface area (Å²) in [6, 6.07) is 16.0. The molecule has 10 heteroatoms. The van der Waals surface area contributed by atoms with Crippen molar-refractivity contribution in [3.8, 4) is 6.07 Å². The van der Waals surface area contributed by atoms with Crippen LogP contribution < -0.4 is 15.5 Å². The maximum atomic E-state index is 13.3. The number of anilines is 1. The van der Waals surface area contributed by atoms with Gasteiger partial charge < -0.3 is 15.5 Å². The van der Waals surface area contributed by atoms with Gasteiger partial charge in [-0.15, -0.1) is 24.8 Å². The first-order valence-electron chi connectivity index (χ1n) is 11.6. The summed E-state index contributed by atoms with van der Waals surface area (Å²) in [5.41, 5.74) is 4.59. The molecule has 8 nitrogen and oxygen atoms in total. The number of carbonyl (C=O) groups is 2. The number of aryl methyl sites for hydroxylation is 1. The quantitative estimate of drug-likeness (QED) is 0.455. The Morgan fingerprint density at radius 3 is 2.25 bits per heavy atom. The summed E-state index contributed by atoms with van der Waals surface area (Å²) < 4.78 is 0. The topological polar surface area (TPSA) is 91.7 Å². The minimum Gasteiger partial charge on any atom is -0.353 e. The maximum Gasteiger partial charge on any atom is 0.256 e. The highest BCUT2D eigenvalue weighted by Crippen LogP contribution is 2.24. The van der Waals surface area contributed by atoms with Gasteiger partial charge in [0.05, 0.1) is 24.7 Å². The largest absolute Gasteiger partial charge is 0.353 e. The van der Waals surface area contributed by atoms with Gasteiger partial charge in [-0.25, -0.2) is 5.01 Å². The molecule has 1 aliphatic rings. The molecule has 2 amide bonds. The molecule has 0 spiro atoms. The minimum atomic E-state index is -0.154. The van der Waals surface area contributed by atoms with Crippen LogP contribution in [0.4, 0.5) is 5.69 Å². The van der Waals surface area contributed by atoms with E-state index >= 15 is 0 Å². The Labute approximate surface area is 226 Å². The number of halogens is 2. The normalized spacial score (nSPS) is 12.1. The first-order valence-corrected chi connectivity index (χ1v) is 11.6. The van der Waals surface area contributed by atoms with E-state index in [9.17, 15) is 14.9 Å². The highest BCUT2D eigenvalue weighted by atomic mass is 35.5. The number of carbonyl (C=O) groups excluding carboxylic acids is 2. The zero-order valence-corrected chi connectivity index (χ0v) is 22.9. The number of hydrogen-bond acceptors (Lipinski definition) is 6. The van der Waals surface area contributed by atoms with Crippen molar-refractivity contribution in [2.24, 2.45) is 0 Å². The number of rotatable bonds is 10. The van der Waals surface area contributed by atoms with Crippen LogP contribution in [0.3, 0.4) is 0 Å². The number of nitrogens with one attached hydrogen (secondary N) is 2. The molecular formula is C26H36Cl2N6O2.